The van der Waals surface area contributed by atoms with Gasteiger partial charge in [-0.15, -0.1) is 0 Å². The summed E-state index contributed by atoms with van der Waals surface area (Å²) in [5.74, 6) is -0.504. The van der Waals surface area contributed by atoms with E-state index >= 15 is 0 Å². The molecule has 0 saturated carbocycles. The molecule has 0 spiro atoms. The number of aliphatic hydroxyl groups is 2. The number of esters is 1. The van der Waals surface area contributed by atoms with Gasteiger partial charge in [0.2, 0.25) is 5.91 Å². The first-order valence-corrected chi connectivity index (χ1v) is 26.4. The van der Waals surface area contributed by atoms with Crippen LogP contribution in [0.3, 0.4) is 0 Å². The van der Waals surface area contributed by atoms with Crippen LogP contribution in [-0.4, -0.2) is 46.9 Å². The van der Waals surface area contributed by atoms with Crippen LogP contribution < -0.4 is 5.32 Å². The van der Waals surface area contributed by atoms with E-state index in [-0.39, 0.29) is 24.9 Å². The second kappa shape index (κ2) is 48.8. The Hall–Kier alpha value is -2.18. The van der Waals surface area contributed by atoms with Gasteiger partial charge in [-0.3, -0.25) is 9.59 Å². The van der Waals surface area contributed by atoms with Crippen molar-refractivity contribution in [2.24, 2.45) is 0 Å². The number of ether oxygens (including phenoxy) is 1. The number of hydrogen-bond donors (Lipinski definition) is 3. The smallest absolute Gasteiger partial charge is 0.306 e. The molecule has 6 heteroatoms. The SMILES string of the molecule is CC/C=C/C=C/C=C/C=C\CCCCCC(CC(=O)NC(CO)C(O)CCCCCCCCCCCCCCCCC)OC(=O)CCCCCCCCCCCCCCCC. The zero-order valence-electron chi connectivity index (χ0n) is 40.5. The minimum atomic E-state index is -0.797. The molecule has 0 aliphatic heterocycles. The third kappa shape index (κ3) is 44.2. The molecule has 3 N–H and O–H groups in total. The summed E-state index contributed by atoms with van der Waals surface area (Å²) in [6, 6.07) is -0.713. The molecule has 0 saturated heterocycles. The molecule has 0 aliphatic rings. The number of carbonyl (C=O) groups excluding carboxylic acids is 2. The number of allylic oxidation sites excluding steroid dienone is 8. The Kier molecular flexibility index (Phi) is 47.1. The quantitative estimate of drug-likeness (QED) is 0.0322. The predicted octanol–water partition coefficient (Wildman–Crippen LogP) is 15.8. The van der Waals surface area contributed by atoms with Crippen molar-refractivity contribution in [1.29, 1.82) is 0 Å². The molecule has 0 radical (unpaired) electrons. The number of aliphatic hydroxyl groups excluding tert-OH is 2. The average molecular weight is 856 g/mol. The highest BCUT2D eigenvalue weighted by Crippen LogP contribution is 2.18. The van der Waals surface area contributed by atoms with Gasteiger partial charge in [0.15, 0.2) is 0 Å². The van der Waals surface area contributed by atoms with Crippen molar-refractivity contribution in [3.8, 4) is 0 Å². The lowest BCUT2D eigenvalue weighted by Crippen LogP contribution is -2.46. The van der Waals surface area contributed by atoms with Gasteiger partial charge < -0.3 is 20.3 Å². The second-order valence-electron chi connectivity index (χ2n) is 18.0. The predicted molar refractivity (Wildman–Crippen MR) is 264 cm³/mol. The molecule has 0 aromatic heterocycles. The minimum absolute atomic E-state index is 0.0539. The van der Waals surface area contributed by atoms with Crippen LogP contribution in [0.2, 0.25) is 0 Å². The van der Waals surface area contributed by atoms with Gasteiger partial charge in [0, 0.05) is 6.42 Å². The van der Waals surface area contributed by atoms with E-state index in [0.29, 0.717) is 19.3 Å². The third-order valence-electron chi connectivity index (χ3n) is 12.0. The summed E-state index contributed by atoms with van der Waals surface area (Å²) in [6.07, 6.45) is 58.9. The average Bonchev–Trinajstić information content (AvgIpc) is 3.25. The molecular formula is C55H101NO5. The first kappa shape index (κ1) is 58.8. The minimum Gasteiger partial charge on any atom is -0.462 e. The molecule has 3 unspecified atom stereocenters. The number of amides is 1. The number of hydrogen-bond acceptors (Lipinski definition) is 5. The highest BCUT2D eigenvalue weighted by atomic mass is 16.5. The van der Waals surface area contributed by atoms with Crippen LogP contribution in [0.4, 0.5) is 0 Å². The van der Waals surface area contributed by atoms with E-state index in [1.165, 1.54) is 148 Å². The Morgan fingerprint density at radius 3 is 1.34 bits per heavy atom. The van der Waals surface area contributed by atoms with E-state index in [4.69, 9.17) is 4.74 Å². The molecule has 6 nitrogen and oxygen atoms in total. The summed E-state index contributed by atoms with van der Waals surface area (Å²) in [4.78, 5) is 26.1. The fourth-order valence-corrected chi connectivity index (χ4v) is 8.03. The van der Waals surface area contributed by atoms with Crippen molar-refractivity contribution in [3.05, 3.63) is 48.6 Å². The van der Waals surface area contributed by atoms with E-state index in [0.717, 1.165) is 70.6 Å². The first-order valence-electron chi connectivity index (χ1n) is 26.4. The molecule has 0 fully saturated rings. The summed E-state index contributed by atoms with van der Waals surface area (Å²) in [7, 11) is 0. The maximum absolute atomic E-state index is 13.2. The third-order valence-corrected chi connectivity index (χ3v) is 12.0. The highest BCUT2D eigenvalue weighted by molar-refractivity contribution is 5.77. The molecule has 3 atom stereocenters. The summed E-state index contributed by atoms with van der Waals surface area (Å²) in [6.45, 7) is 6.35. The van der Waals surface area contributed by atoms with E-state index in [1.54, 1.807) is 0 Å². The van der Waals surface area contributed by atoms with Gasteiger partial charge in [-0.25, -0.2) is 0 Å². The van der Waals surface area contributed by atoms with Crippen molar-refractivity contribution >= 4 is 11.9 Å². The molecular weight excluding hydrogens is 755 g/mol. The lowest BCUT2D eigenvalue weighted by atomic mass is 10.0. The fraction of sp³-hybridized carbons (Fsp3) is 0.818. The summed E-state index contributed by atoms with van der Waals surface area (Å²) >= 11 is 0. The zero-order chi connectivity index (χ0) is 44.5. The molecule has 356 valence electrons. The van der Waals surface area contributed by atoms with Gasteiger partial charge in [-0.05, 0) is 44.9 Å². The monoisotopic (exact) mass is 856 g/mol. The standard InChI is InChI=1S/C55H101NO5/c1-4-7-10-13-16-19-22-25-27-29-32-35-38-41-44-47-53(58)52(50-57)56-54(59)49-51(46-43-40-37-34-31-28-24-21-18-15-12-9-6-3)61-55(60)48-45-42-39-36-33-30-26-23-20-17-14-11-8-5-2/h9,12,15,18,21,24,28,31,51-53,57-58H,4-8,10-11,13-14,16-17,19-20,22-23,25-27,29-30,32-50H2,1-3H3,(H,56,59)/b12-9+,18-15+,24-21+,31-28-. The Morgan fingerprint density at radius 2 is 0.885 bits per heavy atom. The van der Waals surface area contributed by atoms with Crippen LogP contribution in [0.15, 0.2) is 48.6 Å². The number of unbranched alkanes of at least 4 members (excludes halogenated alkanes) is 30. The Labute approximate surface area is 378 Å². The fourth-order valence-electron chi connectivity index (χ4n) is 8.03. The van der Waals surface area contributed by atoms with Gasteiger partial charge in [-0.1, -0.05) is 256 Å². The Balaban J connectivity index is 4.58. The molecule has 0 aliphatic carbocycles. The number of carbonyl (C=O) groups is 2. The van der Waals surface area contributed by atoms with E-state index < -0.39 is 18.2 Å². The maximum atomic E-state index is 13.2. The van der Waals surface area contributed by atoms with Crippen molar-refractivity contribution in [2.75, 3.05) is 6.61 Å². The molecule has 1 amide bonds. The molecule has 0 aromatic carbocycles. The van der Waals surface area contributed by atoms with E-state index in [2.05, 4.69) is 50.4 Å². The van der Waals surface area contributed by atoms with Gasteiger partial charge >= 0.3 is 5.97 Å². The maximum Gasteiger partial charge on any atom is 0.306 e. The second-order valence-corrected chi connectivity index (χ2v) is 18.0. The summed E-state index contributed by atoms with van der Waals surface area (Å²) in [5, 5.41) is 23.8. The first-order chi connectivity index (χ1) is 30.0. The largest absolute Gasteiger partial charge is 0.462 e. The lowest BCUT2D eigenvalue weighted by molar-refractivity contribution is -0.151. The number of rotatable bonds is 47. The van der Waals surface area contributed by atoms with Crippen LogP contribution >= 0.6 is 0 Å². The Morgan fingerprint density at radius 1 is 0.492 bits per heavy atom. The Bertz CT molecular complexity index is 1050. The summed E-state index contributed by atoms with van der Waals surface area (Å²) in [5.41, 5.74) is 0. The van der Waals surface area contributed by atoms with Crippen molar-refractivity contribution in [2.45, 2.75) is 283 Å². The van der Waals surface area contributed by atoms with Crippen LogP contribution in [0.1, 0.15) is 265 Å². The van der Waals surface area contributed by atoms with Crippen LogP contribution in [0.5, 0.6) is 0 Å². The van der Waals surface area contributed by atoms with Gasteiger partial charge in [0.25, 0.3) is 0 Å². The van der Waals surface area contributed by atoms with Crippen molar-refractivity contribution in [1.82, 2.24) is 5.32 Å². The van der Waals surface area contributed by atoms with E-state index in [9.17, 15) is 19.8 Å². The molecule has 0 heterocycles. The van der Waals surface area contributed by atoms with E-state index in [1.807, 2.05) is 24.3 Å². The van der Waals surface area contributed by atoms with Crippen LogP contribution in [0.25, 0.3) is 0 Å². The van der Waals surface area contributed by atoms with Crippen molar-refractivity contribution < 1.29 is 24.5 Å². The topological polar surface area (TPSA) is 95.9 Å². The van der Waals surface area contributed by atoms with Crippen LogP contribution in [0, 0.1) is 0 Å². The highest BCUT2D eigenvalue weighted by Gasteiger charge is 2.24. The normalized spacial score (nSPS) is 13.6. The van der Waals surface area contributed by atoms with Gasteiger partial charge in [0.05, 0.1) is 25.2 Å². The molecule has 61 heavy (non-hydrogen) atoms. The molecule has 0 rings (SSSR count). The van der Waals surface area contributed by atoms with Crippen LogP contribution in [-0.2, 0) is 14.3 Å². The van der Waals surface area contributed by atoms with Crippen molar-refractivity contribution in [3.63, 3.8) is 0 Å². The van der Waals surface area contributed by atoms with Gasteiger partial charge in [-0.2, -0.15) is 0 Å². The molecule has 0 aromatic rings. The zero-order valence-corrected chi connectivity index (χ0v) is 40.5. The number of nitrogens with one attached hydrogen (secondary N) is 1. The molecule has 0 bridgehead atoms. The lowest BCUT2D eigenvalue weighted by Gasteiger charge is -2.24. The van der Waals surface area contributed by atoms with Gasteiger partial charge in [0.1, 0.15) is 6.10 Å². The summed E-state index contributed by atoms with van der Waals surface area (Å²) < 4.78 is 5.92.